The lowest BCUT2D eigenvalue weighted by Crippen LogP contribution is -2.67. The molecule has 11 heteroatoms. The molecule has 0 radical (unpaired) electrons. The summed E-state index contributed by atoms with van der Waals surface area (Å²) in [5, 5.41) is 7.12. The summed E-state index contributed by atoms with van der Waals surface area (Å²) in [4.78, 5) is 25.7. The number of sulfone groups is 1. The zero-order valence-electron chi connectivity index (χ0n) is 17.4. The van der Waals surface area contributed by atoms with Crippen LogP contribution in [0, 0.1) is 5.41 Å². The Balaban J connectivity index is 0.000000423. The molecule has 1 aromatic carbocycles. The van der Waals surface area contributed by atoms with Crippen LogP contribution in [0.25, 0.3) is 0 Å². The summed E-state index contributed by atoms with van der Waals surface area (Å²) in [5.41, 5.74) is 0.981. The number of alkyl halides is 3. The van der Waals surface area contributed by atoms with Crippen LogP contribution in [0.4, 0.5) is 13.2 Å². The van der Waals surface area contributed by atoms with Crippen LogP contribution in [0.2, 0.25) is 0 Å². The van der Waals surface area contributed by atoms with Gasteiger partial charge in [-0.15, -0.1) is 0 Å². The molecule has 1 N–H and O–H groups in total. The molecule has 7 nitrogen and oxygen atoms in total. The fourth-order valence-corrected chi connectivity index (χ4v) is 4.50. The highest BCUT2D eigenvalue weighted by Gasteiger charge is 2.53. The standard InChI is InChI=1S/C18H26N2O3S.C2HF3O2/c1-15(16-7-4-3-5-8-16)19-10-6-9-18(13-19)14-20(17(18)21)11-12-24(2,22)23;3-2(4,5)1(6)7/h3-5,7-8,15H,6,9-14H2,1-2H3;(H,6,7). The van der Waals surface area contributed by atoms with E-state index in [-0.39, 0.29) is 17.1 Å². The summed E-state index contributed by atoms with van der Waals surface area (Å²) in [7, 11) is -3.03. The Kier molecular flexibility index (Phi) is 7.75. The molecule has 1 spiro atoms. The van der Waals surface area contributed by atoms with E-state index in [4.69, 9.17) is 9.90 Å². The number of carbonyl (C=O) groups is 2. The van der Waals surface area contributed by atoms with E-state index in [2.05, 4.69) is 24.0 Å². The highest BCUT2D eigenvalue weighted by atomic mass is 32.2. The van der Waals surface area contributed by atoms with E-state index in [9.17, 15) is 26.4 Å². The van der Waals surface area contributed by atoms with Gasteiger partial charge < -0.3 is 10.0 Å². The molecule has 2 saturated heterocycles. The maximum Gasteiger partial charge on any atom is 0.490 e. The SMILES string of the molecule is CC(c1ccccc1)N1CCCC2(CN(CCS(C)(=O)=O)C2=O)C1.O=C(O)C(F)(F)F. The number of hydrogen-bond donors (Lipinski definition) is 1. The Labute approximate surface area is 179 Å². The van der Waals surface area contributed by atoms with E-state index >= 15 is 0 Å². The van der Waals surface area contributed by atoms with Crippen molar-refractivity contribution in [1.29, 1.82) is 0 Å². The molecule has 1 amide bonds. The van der Waals surface area contributed by atoms with Gasteiger partial charge in [0.25, 0.3) is 0 Å². The molecule has 0 bridgehead atoms. The lowest BCUT2D eigenvalue weighted by molar-refractivity contribution is -0.192. The molecule has 3 rings (SSSR count). The number of carbonyl (C=O) groups excluding carboxylic acids is 1. The second-order valence-corrected chi connectivity index (χ2v) is 10.4. The number of benzene rings is 1. The number of likely N-dealkylation sites (tertiary alicyclic amines) is 2. The zero-order valence-corrected chi connectivity index (χ0v) is 18.2. The molecular formula is C20H27F3N2O5S. The normalized spacial score (nSPS) is 23.0. The number of rotatable bonds is 5. The van der Waals surface area contributed by atoms with Crippen LogP contribution in [0.15, 0.2) is 30.3 Å². The Morgan fingerprint density at radius 1 is 1.23 bits per heavy atom. The van der Waals surface area contributed by atoms with Crippen molar-refractivity contribution in [2.24, 2.45) is 5.41 Å². The molecule has 2 fully saturated rings. The molecular weight excluding hydrogens is 437 g/mol. The van der Waals surface area contributed by atoms with Crippen LogP contribution < -0.4 is 0 Å². The lowest BCUT2D eigenvalue weighted by Gasteiger charge is -2.54. The molecule has 0 saturated carbocycles. The number of β-lactam (4-membered cyclic amide) rings is 1. The van der Waals surface area contributed by atoms with Crippen LogP contribution >= 0.6 is 0 Å². The molecule has 2 aliphatic rings. The molecule has 31 heavy (non-hydrogen) atoms. The smallest absolute Gasteiger partial charge is 0.475 e. The van der Waals surface area contributed by atoms with E-state index in [0.717, 1.165) is 25.9 Å². The van der Waals surface area contributed by atoms with E-state index in [0.29, 0.717) is 19.1 Å². The van der Waals surface area contributed by atoms with Crippen LogP contribution in [-0.4, -0.2) is 79.6 Å². The summed E-state index contributed by atoms with van der Waals surface area (Å²) in [6.45, 7) is 5.00. The number of hydrogen-bond acceptors (Lipinski definition) is 5. The van der Waals surface area contributed by atoms with Gasteiger partial charge in [-0.2, -0.15) is 13.2 Å². The van der Waals surface area contributed by atoms with E-state index in [1.54, 1.807) is 4.90 Å². The zero-order chi connectivity index (χ0) is 23.4. The molecule has 1 aromatic rings. The summed E-state index contributed by atoms with van der Waals surface area (Å²) in [6.07, 6.45) is -1.93. The lowest BCUT2D eigenvalue weighted by atomic mass is 9.72. The molecule has 0 aromatic heterocycles. The summed E-state index contributed by atoms with van der Waals surface area (Å²) in [5.74, 6) is -2.57. The van der Waals surface area contributed by atoms with Crippen LogP contribution in [-0.2, 0) is 19.4 Å². The predicted molar refractivity (Wildman–Crippen MR) is 108 cm³/mol. The number of piperidine rings is 1. The monoisotopic (exact) mass is 464 g/mol. The van der Waals surface area contributed by atoms with Gasteiger partial charge in [-0.1, -0.05) is 30.3 Å². The molecule has 2 aliphatic heterocycles. The highest BCUT2D eigenvalue weighted by Crippen LogP contribution is 2.42. The van der Waals surface area contributed by atoms with Crippen LogP contribution in [0.3, 0.4) is 0 Å². The Morgan fingerprint density at radius 3 is 2.29 bits per heavy atom. The van der Waals surface area contributed by atoms with Gasteiger partial charge in [-0.3, -0.25) is 9.69 Å². The number of carboxylic acid groups (broad SMARTS) is 1. The van der Waals surface area contributed by atoms with Crippen molar-refractivity contribution in [2.75, 3.05) is 38.2 Å². The summed E-state index contributed by atoms with van der Waals surface area (Å²) in [6, 6.07) is 10.7. The minimum Gasteiger partial charge on any atom is -0.475 e. The second kappa shape index (κ2) is 9.56. The first-order valence-electron chi connectivity index (χ1n) is 9.81. The summed E-state index contributed by atoms with van der Waals surface area (Å²) >= 11 is 0. The topological polar surface area (TPSA) is 95.0 Å². The van der Waals surface area contributed by atoms with Crippen molar-refractivity contribution in [3.8, 4) is 0 Å². The van der Waals surface area contributed by atoms with Gasteiger partial charge in [0.2, 0.25) is 5.91 Å². The molecule has 174 valence electrons. The minimum absolute atomic E-state index is 0.0545. The van der Waals surface area contributed by atoms with E-state index < -0.39 is 22.0 Å². The van der Waals surface area contributed by atoms with Gasteiger partial charge in [0.15, 0.2) is 0 Å². The average molecular weight is 465 g/mol. The van der Waals surface area contributed by atoms with Crippen molar-refractivity contribution in [3.05, 3.63) is 35.9 Å². The van der Waals surface area contributed by atoms with Crippen molar-refractivity contribution in [2.45, 2.75) is 32.0 Å². The van der Waals surface area contributed by atoms with Gasteiger partial charge in [-0.25, -0.2) is 13.2 Å². The van der Waals surface area contributed by atoms with Gasteiger partial charge in [-0.05, 0) is 31.9 Å². The molecule has 2 unspecified atom stereocenters. The first-order chi connectivity index (χ1) is 14.3. The maximum atomic E-state index is 12.7. The van der Waals surface area contributed by atoms with E-state index in [1.807, 2.05) is 18.2 Å². The third-order valence-corrected chi connectivity index (χ3v) is 6.57. The summed E-state index contributed by atoms with van der Waals surface area (Å²) < 4.78 is 54.3. The third-order valence-electron chi connectivity index (χ3n) is 5.65. The second-order valence-electron chi connectivity index (χ2n) is 8.10. The number of nitrogens with zero attached hydrogens (tertiary/aromatic N) is 2. The molecule has 2 heterocycles. The van der Waals surface area contributed by atoms with Crippen LogP contribution in [0.1, 0.15) is 31.4 Å². The minimum atomic E-state index is -5.08. The van der Waals surface area contributed by atoms with Crippen molar-refractivity contribution in [1.82, 2.24) is 9.80 Å². The maximum absolute atomic E-state index is 12.7. The molecule has 2 atom stereocenters. The third kappa shape index (κ3) is 6.67. The number of amides is 1. The van der Waals surface area contributed by atoms with Crippen molar-refractivity contribution in [3.63, 3.8) is 0 Å². The predicted octanol–water partition coefficient (Wildman–Crippen LogP) is 2.35. The largest absolute Gasteiger partial charge is 0.490 e. The number of halogens is 3. The quantitative estimate of drug-likeness (QED) is 0.673. The Morgan fingerprint density at radius 2 is 1.81 bits per heavy atom. The van der Waals surface area contributed by atoms with Crippen molar-refractivity contribution >= 4 is 21.7 Å². The van der Waals surface area contributed by atoms with E-state index in [1.165, 1.54) is 11.8 Å². The average Bonchev–Trinajstić information content (AvgIpc) is 2.70. The van der Waals surface area contributed by atoms with Gasteiger partial charge in [0.05, 0.1) is 11.2 Å². The van der Waals surface area contributed by atoms with Crippen molar-refractivity contribution < 1.29 is 36.3 Å². The fraction of sp³-hybridized carbons (Fsp3) is 0.600. The molecule has 0 aliphatic carbocycles. The number of aliphatic carboxylic acids is 1. The Hall–Kier alpha value is -2.14. The number of carboxylic acids is 1. The highest BCUT2D eigenvalue weighted by molar-refractivity contribution is 7.90. The Bertz CT molecular complexity index is 892. The first kappa shape index (κ1) is 25.1. The van der Waals surface area contributed by atoms with Gasteiger partial charge >= 0.3 is 12.1 Å². The van der Waals surface area contributed by atoms with Gasteiger partial charge in [0, 0.05) is 31.9 Å². The van der Waals surface area contributed by atoms with Gasteiger partial charge in [0.1, 0.15) is 9.84 Å². The fourth-order valence-electron chi connectivity index (χ4n) is 3.95. The van der Waals surface area contributed by atoms with Crippen LogP contribution in [0.5, 0.6) is 0 Å². The first-order valence-corrected chi connectivity index (χ1v) is 11.9.